The summed E-state index contributed by atoms with van der Waals surface area (Å²) in [5, 5.41) is 14.1. The predicted molar refractivity (Wildman–Crippen MR) is 111 cm³/mol. The molecule has 1 aromatic heterocycles. The highest BCUT2D eigenvalue weighted by Gasteiger charge is 2.20. The third kappa shape index (κ3) is 4.67. The summed E-state index contributed by atoms with van der Waals surface area (Å²) in [6, 6.07) is 16.1. The van der Waals surface area contributed by atoms with Crippen LogP contribution in [0.3, 0.4) is 0 Å². The summed E-state index contributed by atoms with van der Waals surface area (Å²) in [6.07, 6.45) is 2.03. The summed E-state index contributed by atoms with van der Waals surface area (Å²) in [5.41, 5.74) is 6.57. The van der Waals surface area contributed by atoms with Crippen LogP contribution in [0.2, 0.25) is 0 Å². The van der Waals surface area contributed by atoms with Gasteiger partial charge in [0.15, 0.2) is 0 Å². The van der Waals surface area contributed by atoms with Gasteiger partial charge in [0.1, 0.15) is 6.04 Å². The van der Waals surface area contributed by atoms with Crippen LogP contribution in [0.25, 0.3) is 11.3 Å². The normalized spacial score (nSPS) is 12.3. The second kappa shape index (κ2) is 8.40. The second-order valence-electron chi connectivity index (χ2n) is 7.48. The number of carboxylic acids is 1. The molecule has 0 radical (unpaired) electrons. The molecular formula is C23H27N3O2. The van der Waals surface area contributed by atoms with Crippen molar-refractivity contribution >= 4 is 5.97 Å². The number of carbonyl (C=O) groups is 1. The number of carboxylic acid groups (broad SMARTS) is 1. The smallest absolute Gasteiger partial charge is 0.320 e. The van der Waals surface area contributed by atoms with E-state index in [1.54, 1.807) is 6.92 Å². The van der Waals surface area contributed by atoms with Crippen molar-refractivity contribution in [3.8, 4) is 11.3 Å². The van der Waals surface area contributed by atoms with Crippen molar-refractivity contribution in [3.05, 3.63) is 77.0 Å². The molecular weight excluding hydrogens is 350 g/mol. The van der Waals surface area contributed by atoms with Gasteiger partial charge in [-0.1, -0.05) is 59.7 Å². The monoisotopic (exact) mass is 377 g/mol. The Labute approximate surface area is 166 Å². The Hall–Kier alpha value is -2.92. The highest BCUT2D eigenvalue weighted by atomic mass is 16.4. The molecule has 3 aromatic rings. The van der Waals surface area contributed by atoms with Crippen molar-refractivity contribution in [2.75, 3.05) is 7.05 Å². The van der Waals surface area contributed by atoms with Gasteiger partial charge in [0.25, 0.3) is 0 Å². The summed E-state index contributed by atoms with van der Waals surface area (Å²) in [6.45, 7) is 7.03. The molecule has 1 unspecified atom stereocenters. The van der Waals surface area contributed by atoms with E-state index in [0.29, 0.717) is 13.1 Å². The zero-order valence-electron chi connectivity index (χ0n) is 16.9. The van der Waals surface area contributed by atoms with Gasteiger partial charge in [-0.25, -0.2) is 0 Å². The minimum absolute atomic E-state index is 0.518. The van der Waals surface area contributed by atoms with E-state index in [1.165, 1.54) is 16.7 Å². The lowest BCUT2D eigenvalue weighted by Crippen LogP contribution is -2.35. The summed E-state index contributed by atoms with van der Waals surface area (Å²) in [5.74, 6) is -0.827. The van der Waals surface area contributed by atoms with Crippen LogP contribution < -0.4 is 0 Å². The largest absolute Gasteiger partial charge is 0.480 e. The van der Waals surface area contributed by atoms with Crippen molar-refractivity contribution in [2.24, 2.45) is 0 Å². The Morgan fingerprint density at radius 1 is 1.07 bits per heavy atom. The quantitative estimate of drug-likeness (QED) is 0.673. The summed E-state index contributed by atoms with van der Waals surface area (Å²) < 4.78 is 1.94. The fourth-order valence-electron chi connectivity index (χ4n) is 3.09. The number of benzene rings is 2. The molecule has 0 aliphatic carbocycles. The summed E-state index contributed by atoms with van der Waals surface area (Å²) in [4.78, 5) is 13.2. The number of aryl methyl sites for hydroxylation is 2. The number of hydrogen-bond acceptors (Lipinski definition) is 3. The fourth-order valence-corrected chi connectivity index (χ4v) is 3.09. The van der Waals surface area contributed by atoms with Gasteiger partial charge in [-0.2, -0.15) is 5.10 Å². The Morgan fingerprint density at radius 2 is 1.64 bits per heavy atom. The molecule has 2 aromatic carbocycles. The van der Waals surface area contributed by atoms with Gasteiger partial charge in [0, 0.05) is 23.9 Å². The van der Waals surface area contributed by atoms with E-state index in [9.17, 15) is 9.90 Å². The highest BCUT2D eigenvalue weighted by molar-refractivity contribution is 5.73. The number of rotatable bonds is 7. The molecule has 0 fully saturated rings. The molecule has 1 heterocycles. The maximum atomic E-state index is 11.3. The molecule has 0 bridgehead atoms. The topological polar surface area (TPSA) is 58.4 Å². The second-order valence-corrected chi connectivity index (χ2v) is 7.48. The molecule has 5 heteroatoms. The molecule has 3 rings (SSSR count). The third-order valence-electron chi connectivity index (χ3n) is 5.07. The van der Waals surface area contributed by atoms with E-state index < -0.39 is 12.0 Å². The van der Waals surface area contributed by atoms with E-state index in [0.717, 1.165) is 16.8 Å². The lowest BCUT2D eigenvalue weighted by Gasteiger charge is -2.20. The van der Waals surface area contributed by atoms with Crippen molar-refractivity contribution in [3.63, 3.8) is 0 Å². The molecule has 0 aliphatic heterocycles. The van der Waals surface area contributed by atoms with Crippen LogP contribution in [-0.4, -0.2) is 38.8 Å². The molecule has 0 saturated carbocycles. The minimum Gasteiger partial charge on any atom is -0.480 e. The van der Waals surface area contributed by atoms with Gasteiger partial charge in [0.2, 0.25) is 0 Å². The fraction of sp³-hybridized carbons (Fsp3) is 0.304. The average Bonchev–Trinajstić information content (AvgIpc) is 3.05. The summed E-state index contributed by atoms with van der Waals surface area (Å²) in [7, 11) is 1.83. The van der Waals surface area contributed by atoms with Crippen LogP contribution in [0.1, 0.15) is 29.2 Å². The van der Waals surface area contributed by atoms with E-state index in [1.807, 2.05) is 22.8 Å². The number of aromatic nitrogens is 2. The Bertz CT molecular complexity index is 943. The zero-order valence-corrected chi connectivity index (χ0v) is 16.9. The van der Waals surface area contributed by atoms with Gasteiger partial charge in [-0.05, 0) is 33.4 Å². The first kappa shape index (κ1) is 19.8. The van der Waals surface area contributed by atoms with Crippen molar-refractivity contribution in [1.82, 2.24) is 14.7 Å². The van der Waals surface area contributed by atoms with Crippen LogP contribution in [-0.2, 0) is 17.9 Å². The number of likely N-dealkylation sites (N-methyl/N-ethyl adjacent to an activating group) is 1. The number of aliphatic carboxylic acids is 1. The maximum Gasteiger partial charge on any atom is 0.320 e. The summed E-state index contributed by atoms with van der Waals surface area (Å²) >= 11 is 0. The average molecular weight is 377 g/mol. The van der Waals surface area contributed by atoms with Crippen LogP contribution >= 0.6 is 0 Å². The lowest BCUT2D eigenvalue weighted by atomic mass is 10.1. The molecule has 5 nitrogen and oxygen atoms in total. The highest BCUT2D eigenvalue weighted by Crippen LogP contribution is 2.24. The zero-order chi connectivity index (χ0) is 20.3. The van der Waals surface area contributed by atoms with Crippen LogP contribution in [0.15, 0.2) is 54.7 Å². The van der Waals surface area contributed by atoms with E-state index >= 15 is 0 Å². The first-order valence-corrected chi connectivity index (χ1v) is 9.45. The Morgan fingerprint density at radius 3 is 2.21 bits per heavy atom. The van der Waals surface area contributed by atoms with Crippen LogP contribution in [0, 0.1) is 13.8 Å². The predicted octanol–water partition coefficient (Wildman–Crippen LogP) is 4.12. The maximum absolute atomic E-state index is 11.3. The molecule has 0 spiro atoms. The SMILES string of the molecule is Cc1ccc(Cn2cc(CN(C)C(C)C(=O)O)c(-c3ccc(C)cc3)n2)cc1. The van der Waals surface area contributed by atoms with Gasteiger partial charge < -0.3 is 5.11 Å². The van der Waals surface area contributed by atoms with Gasteiger partial charge in [0.05, 0.1) is 12.2 Å². The Kier molecular flexibility index (Phi) is 5.95. The molecule has 146 valence electrons. The number of nitrogens with zero attached hydrogens (tertiary/aromatic N) is 3. The van der Waals surface area contributed by atoms with Crippen molar-refractivity contribution in [1.29, 1.82) is 0 Å². The van der Waals surface area contributed by atoms with Gasteiger partial charge in [-0.3, -0.25) is 14.4 Å². The molecule has 1 N–H and O–H groups in total. The van der Waals surface area contributed by atoms with Gasteiger partial charge in [-0.15, -0.1) is 0 Å². The lowest BCUT2D eigenvalue weighted by molar-refractivity contribution is -0.142. The molecule has 28 heavy (non-hydrogen) atoms. The van der Waals surface area contributed by atoms with Crippen molar-refractivity contribution in [2.45, 2.75) is 39.9 Å². The first-order valence-electron chi connectivity index (χ1n) is 9.45. The first-order chi connectivity index (χ1) is 13.3. The molecule has 1 atom stereocenters. The van der Waals surface area contributed by atoms with Gasteiger partial charge >= 0.3 is 5.97 Å². The molecule has 0 saturated heterocycles. The van der Waals surface area contributed by atoms with E-state index in [4.69, 9.17) is 5.10 Å². The molecule has 0 aliphatic rings. The third-order valence-corrected chi connectivity index (χ3v) is 5.07. The Balaban J connectivity index is 1.93. The minimum atomic E-state index is -0.827. The standard InChI is InChI=1S/C23H27N3O2/c1-16-5-9-19(10-6-16)13-26-15-21(14-25(4)18(3)23(27)28)22(24-26)20-11-7-17(2)8-12-20/h5-12,15,18H,13-14H2,1-4H3,(H,27,28). The van der Waals surface area contributed by atoms with Crippen LogP contribution in [0.4, 0.5) is 0 Å². The van der Waals surface area contributed by atoms with Crippen LogP contribution in [0.5, 0.6) is 0 Å². The number of hydrogen-bond donors (Lipinski definition) is 1. The van der Waals surface area contributed by atoms with E-state index in [-0.39, 0.29) is 0 Å². The van der Waals surface area contributed by atoms with Crippen molar-refractivity contribution < 1.29 is 9.90 Å². The molecule has 0 amide bonds. The van der Waals surface area contributed by atoms with E-state index in [2.05, 4.69) is 62.4 Å².